The molecule has 0 aromatic heterocycles. The Morgan fingerprint density at radius 2 is 1.10 bits per heavy atom. The monoisotopic (exact) mass is 322 g/mol. The molecule has 0 atom stereocenters. The number of ketones is 1. The van der Waals surface area contributed by atoms with Gasteiger partial charge >= 0.3 is 61.6 Å². The summed E-state index contributed by atoms with van der Waals surface area (Å²) in [5.74, 6) is -7.22. The summed E-state index contributed by atoms with van der Waals surface area (Å²) in [7, 11) is 0. The Labute approximate surface area is 142 Å². The molecular formula is C9H14CaO10. The van der Waals surface area contributed by atoms with E-state index in [0.717, 1.165) is 6.92 Å². The average Bonchev–Trinajstić information content (AvgIpc) is 2.14. The zero-order valence-electron chi connectivity index (χ0n) is 9.69. The number of aliphatic carboxylic acids is 4. The van der Waals surface area contributed by atoms with Gasteiger partial charge in [-0.05, 0) is 0 Å². The van der Waals surface area contributed by atoms with Crippen molar-refractivity contribution >= 4 is 67.4 Å². The van der Waals surface area contributed by atoms with Crippen LogP contribution in [0.3, 0.4) is 0 Å². The fourth-order valence-corrected chi connectivity index (χ4v) is 0.714. The van der Waals surface area contributed by atoms with Crippen LogP contribution < -0.4 is 0 Å². The maximum atomic E-state index is 10.3. The fraction of sp³-hybridized carbons (Fsp3) is 0.444. The van der Waals surface area contributed by atoms with E-state index in [4.69, 9.17) is 25.5 Å². The molecule has 0 spiro atoms. The summed E-state index contributed by atoms with van der Waals surface area (Å²) >= 11 is 0. The molecule has 0 aromatic carbocycles. The number of aliphatic hydroxyl groups is 1. The van der Waals surface area contributed by atoms with Gasteiger partial charge in [0.1, 0.15) is 0 Å². The molecule has 0 saturated heterocycles. The normalized spacial score (nSPS) is 9.30. The van der Waals surface area contributed by atoms with E-state index in [1.807, 2.05) is 0 Å². The summed E-state index contributed by atoms with van der Waals surface area (Å²) in [5, 5.41) is 41.5. The van der Waals surface area contributed by atoms with Gasteiger partial charge in [0, 0.05) is 6.92 Å². The van der Waals surface area contributed by atoms with Crippen LogP contribution >= 0.6 is 0 Å². The van der Waals surface area contributed by atoms with E-state index >= 15 is 0 Å². The minimum absolute atomic E-state index is 0. The predicted octanol–water partition coefficient (Wildman–Crippen LogP) is -2.50. The second kappa shape index (κ2) is 10.5. The third-order valence-electron chi connectivity index (χ3n) is 1.59. The molecule has 0 aliphatic carbocycles. The Morgan fingerprint density at radius 1 is 0.850 bits per heavy atom. The summed E-state index contributed by atoms with van der Waals surface area (Å²) < 4.78 is 0. The first kappa shape index (κ1) is 23.8. The molecule has 0 amide bonds. The van der Waals surface area contributed by atoms with Crippen molar-refractivity contribution in [3.8, 4) is 0 Å². The van der Waals surface area contributed by atoms with E-state index in [9.17, 15) is 24.0 Å². The Bertz CT molecular complexity index is 374. The maximum absolute atomic E-state index is 10.3. The van der Waals surface area contributed by atoms with Gasteiger partial charge in [-0.25, -0.2) is 9.59 Å². The predicted molar refractivity (Wildman–Crippen MR) is 64.0 cm³/mol. The molecule has 10 nitrogen and oxygen atoms in total. The number of carboxylic acid groups (broad SMARTS) is 4. The van der Waals surface area contributed by atoms with Crippen LogP contribution in [0.5, 0.6) is 0 Å². The number of hydrogen-bond donors (Lipinski definition) is 5. The molecule has 0 radical (unpaired) electrons. The number of carbonyl (C=O) groups is 5. The average molecular weight is 322 g/mol. The van der Waals surface area contributed by atoms with E-state index in [0.29, 0.717) is 0 Å². The van der Waals surface area contributed by atoms with Gasteiger partial charge in [0.15, 0.2) is 5.60 Å². The third kappa shape index (κ3) is 11.8. The first-order valence-electron chi connectivity index (χ1n) is 4.55. The number of carbonyl (C=O) groups excluding carboxylic acids is 1. The van der Waals surface area contributed by atoms with E-state index in [-0.39, 0.29) is 37.7 Å². The molecule has 0 saturated carbocycles. The van der Waals surface area contributed by atoms with Gasteiger partial charge < -0.3 is 25.5 Å². The second-order valence-corrected chi connectivity index (χ2v) is 3.34. The molecule has 0 heterocycles. The van der Waals surface area contributed by atoms with Gasteiger partial charge in [-0.3, -0.25) is 14.4 Å². The number of Topliss-reactive ketones (excluding diaryl/α,β-unsaturated/α-hetero) is 1. The van der Waals surface area contributed by atoms with E-state index in [1.54, 1.807) is 0 Å². The van der Waals surface area contributed by atoms with Gasteiger partial charge in [-0.1, -0.05) is 0 Å². The van der Waals surface area contributed by atoms with Gasteiger partial charge in [0.2, 0.25) is 5.78 Å². The van der Waals surface area contributed by atoms with Gasteiger partial charge in [0.05, 0.1) is 12.8 Å². The summed E-state index contributed by atoms with van der Waals surface area (Å²) in [5.41, 5.74) is -2.74. The fourth-order valence-electron chi connectivity index (χ4n) is 0.714. The van der Waals surface area contributed by atoms with Crippen LogP contribution in [0.1, 0.15) is 19.8 Å². The van der Waals surface area contributed by atoms with Gasteiger partial charge in [-0.2, -0.15) is 0 Å². The topological polar surface area (TPSA) is 186 Å². The Balaban J connectivity index is -0.000000352. The van der Waals surface area contributed by atoms with Crippen molar-refractivity contribution in [2.24, 2.45) is 0 Å². The van der Waals surface area contributed by atoms with Crippen LogP contribution in [0, 0.1) is 0 Å². The second-order valence-electron chi connectivity index (χ2n) is 3.34. The Kier molecular flexibility index (Phi) is 12.6. The minimum atomic E-state index is -2.74. The molecule has 5 N–H and O–H groups in total. The Morgan fingerprint density at radius 3 is 1.20 bits per heavy atom. The third-order valence-corrected chi connectivity index (χ3v) is 1.59. The first-order chi connectivity index (χ1) is 8.42. The van der Waals surface area contributed by atoms with Crippen molar-refractivity contribution in [3.63, 3.8) is 0 Å². The van der Waals surface area contributed by atoms with Crippen LogP contribution in [0.4, 0.5) is 0 Å². The van der Waals surface area contributed by atoms with E-state index < -0.39 is 48.1 Å². The zero-order chi connectivity index (χ0) is 15.8. The molecule has 0 rings (SSSR count). The molecule has 112 valence electrons. The summed E-state index contributed by atoms with van der Waals surface area (Å²) in [4.78, 5) is 49.4. The Hall–Kier alpha value is -1.23. The number of carboxylic acids is 4. The quantitative estimate of drug-likeness (QED) is 0.258. The molecule has 0 fully saturated rings. The van der Waals surface area contributed by atoms with Crippen molar-refractivity contribution in [2.75, 3.05) is 0 Å². The van der Waals surface area contributed by atoms with Gasteiger partial charge in [-0.15, -0.1) is 0 Å². The molecule has 11 heteroatoms. The molecule has 20 heavy (non-hydrogen) atoms. The molecule has 0 aliphatic heterocycles. The van der Waals surface area contributed by atoms with Crippen molar-refractivity contribution in [2.45, 2.75) is 25.4 Å². The first-order valence-corrected chi connectivity index (χ1v) is 4.55. The van der Waals surface area contributed by atoms with Gasteiger partial charge in [0.25, 0.3) is 0 Å². The van der Waals surface area contributed by atoms with Crippen molar-refractivity contribution in [1.29, 1.82) is 0 Å². The van der Waals surface area contributed by atoms with Crippen LogP contribution in [0.2, 0.25) is 0 Å². The summed E-state index contributed by atoms with van der Waals surface area (Å²) in [6, 6.07) is 0. The molecule has 0 aliphatic rings. The standard InChI is InChI=1S/C6H8O7.C3H4O3.Ca.2H/c7-3(8)1-6(13,5(11)12)2-4(9)10;1-2(4)3(5)6;;;/h13H,1-2H2,(H,7,8)(H,9,10)(H,11,12);1H3,(H,5,6);;;. The molecule has 0 bridgehead atoms. The summed E-state index contributed by atoms with van der Waals surface area (Å²) in [6.45, 7) is 1.00. The van der Waals surface area contributed by atoms with Crippen LogP contribution in [0.25, 0.3) is 0 Å². The molecule has 0 aromatic rings. The van der Waals surface area contributed by atoms with Crippen LogP contribution in [-0.2, 0) is 24.0 Å². The van der Waals surface area contributed by atoms with E-state index in [1.165, 1.54) is 0 Å². The SMILES string of the molecule is CC(=O)C(=O)O.O=C(O)CC(O)(CC(=O)O)C(=O)O.[CaH2]. The zero-order valence-corrected chi connectivity index (χ0v) is 9.69. The molecular weight excluding hydrogens is 308 g/mol. The van der Waals surface area contributed by atoms with Crippen molar-refractivity contribution in [3.05, 3.63) is 0 Å². The van der Waals surface area contributed by atoms with Crippen LogP contribution in [-0.4, -0.2) is 98.5 Å². The van der Waals surface area contributed by atoms with Crippen molar-refractivity contribution in [1.82, 2.24) is 0 Å². The summed E-state index contributed by atoms with van der Waals surface area (Å²) in [6.07, 6.45) is -2.29. The van der Waals surface area contributed by atoms with E-state index in [2.05, 4.69) is 0 Å². The number of hydrogen-bond acceptors (Lipinski definition) is 6. The molecule has 0 unspecified atom stereocenters. The number of rotatable bonds is 6. The van der Waals surface area contributed by atoms with Crippen molar-refractivity contribution < 1.29 is 49.5 Å². The van der Waals surface area contributed by atoms with Crippen LogP contribution in [0.15, 0.2) is 0 Å².